The zero-order valence-corrected chi connectivity index (χ0v) is 12.0. The van der Waals surface area contributed by atoms with E-state index in [-0.39, 0.29) is 0 Å². The number of hydrogen-bond acceptors (Lipinski definition) is 3. The fourth-order valence-electron chi connectivity index (χ4n) is 2.43. The highest BCUT2D eigenvalue weighted by Gasteiger charge is 2.08. The molecule has 3 nitrogen and oxygen atoms in total. The summed E-state index contributed by atoms with van der Waals surface area (Å²) in [5, 5.41) is 3.48. The highest BCUT2D eigenvalue weighted by Crippen LogP contribution is 2.16. The first-order chi connectivity index (χ1) is 9.38. The molecular formula is C16H26N2O. The van der Waals surface area contributed by atoms with Crippen molar-refractivity contribution in [1.29, 1.82) is 0 Å². The van der Waals surface area contributed by atoms with Gasteiger partial charge in [-0.1, -0.05) is 13.3 Å². The lowest BCUT2D eigenvalue weighted by Crippen LogP contribution is -2.33. The quantitative estimate of drug-likeness (QED) is 0.815. The van der Waals surface area contributed by atoms with E-state index < -0.39 is 0 Å². The van der Waals surface area contributed by atoms with Gasteiger partial charge in [0.05, 0.1) is 6.61 Å². The maximum Gasteiger partial charge on any atom is 0.119 e. The van der Waals surface area contributed by atoms with Crippen LogP contribution in [0.1, 0.15) is 32.6 Å². The molecule has 0 unspecified atom stereocenters. The summed E-state index contributed by atoms with van der Waals surface area (Å²) < 4.78 is 5.57. The van der Waals surface area contributed by atoms with Crippen LogP contribution in [0.15, 0.2) is 24.3 Å². The molecule has 1 heterocycles. The number of piperidine rings is 1. The third-order valence-electron chi connectivity index (χ3n) is 3.53. The van der Waals surface area contributed by atoms with Gasteiger partial charge in [-0.2, -0.15) is 0 Å². The van der Waals surface area contributed by atoms with Gasteiger partial charge in [0.15, 0.2) is 0 Å². The largest absolute Gasteiger partial charge is 0.494 e. The summed E-state index contributed by atoms with van der Waals surface area (Å²) in [6, 6.07) is 8.28. The topological polar surface area (TPSA) is 24.5 Å². The van der Waals surface area contributed by atoms with Crippen LogP contribution < -0.4 is 10.1 Å². The standard InChI is InChI=1S/C16H26N2O/c1-2-14-19-16-8-6-15(7-9-16)17-10-13-18-11-4-3-5-12-18/h6-9,17H,2-5,10-14H2,1H3. The number of anilines is 1. The molecule has 106 valence electrons. The molecule has 1 aromatic carbocycles. The molecule has 0 aliphatic carbocycles. The molecule has 2 rings (SSSR count). The predicted molar refractivity (Wildman–Crippen MR) is 81.0 cm³/mol. The molecule has 1 aliphatic heterocycles. The molecule has 0 atom stereocenters. The maximum atomic E-state index is 5.57. The van der Waals surface area contributed by atoms with Crippen LogP contribution in [-0.4, -0.2) is 37.7 Å². The van der Waals surface area contributed by atoms with E-state index in [1.54, 1.807) is 0 Å². The second kappa shape index (κ2) is 8.05. The minimum atomic E-state index is 0.793. The summed E-state index contributed by atoms with van der Waals surface area (Å²) in [6.45, 7) is 7.62. The molecule has 1 aromatic rings. The van der Waals surface area contributed by atoms with Gasteiger partial charge in [0.1, 0.15) is 5.75 Å². The van der Waals surface area contributed by atoms with E-state index in [1.165, 1.54) is 38.0 Å². The Balaban J connectivity index is 1.67. The second-order valence-electron chi connectivity index (χ2n) is 5.20. The highest BCUT2D eigenvalue weighted by atomic mass is 16.5. The van der Waals surface area contributed by atoms with Crippen molar-refractivity contribution in [3.8, 4) is 5.75 Å². The van der Waals surface area contributed by atoms with E-state index in [4.69, 9.17) is 4.74 Å². The second-order valence-corrected chi connectivity index (χ2v) is 5.20. The number of nitrogens with zero attached hydrogens (tertiary/aromatic N) is 1. The molecule has 0 spiro atoms. The minimum absolute atomic E-state index is 0.793. The molecule has 0 saturated carbocycles. The first-order valence-electron chi connectivity index (χ1n) is 7.57. The Labute approximate surface area is 116 Å². The van der Waals surface area contributed by atoms with Crippen LogP contribution >= 0.6 is 0 Å². The molecule has 19 heavy (non-hydrogen) atoms. The van der Waals surface area contributed by atoms with E-state index in [2.05, 4.69) is 29.3 Å². The van der Waals surface area contributed by atoms with Gasteiger partial charge in [0.25, 0.3) is 0 Å². The Morgan fingerprint density at radius 2 is 1.84 bits per heavy atom. The van der Waals surface area contributed by atoms with Crippen LogP contribution in [-0.2, 0) is 0 Å². The fourth-order valence-corrected chi connectivity index (χ4v) is 2.43. The van der Waals surface area contributed by atoms with Crippen molar-refractivity contribution in [1.82, 2.24) is 4.90 Å². The molecule has 1 fully saturated rings. The van der Waals surface area contributed by atoms with Gasteiger partial charge < -0.3 is 15.0 Å². The zero-order valence-electron chi connectivity index (χ0n) is 12.0. The summed E-state index contributed by atoms with van der Waals surface area (Å²) in [7, 11) is 0. The van der Waals surface area contributed by atoms with Crippen LogP contribution in [0.3, 0.4) is 0 Å². The fraction of sp³-hybridized carbons (Fsp3) is 0.625. The minimum Gasteiger partial charge on any atom is -0.494 e. The van der Waals surface area contributed by atoms with Crippen LogP contribution in [0.4, 0.5) is 5.69 Å². The number of nitrogens with one attached hydrogen (secondary N) is 1. The van der Waals surface area contributed by atoms with Gasteiger partial charge in [-0.05, 0) is 56.6 Å². The lowest BCUT2D eigenvalue weighted by molar-refractivity contribution is 0.237. The normalized spacial score (nSPS) is 16.3. The summed E-state index contributed by atoms with van der Waals surface area (Å²) in [5.74, 6) is 0.962. The van der Waals surface area contributed by atoms with E-state index >= 15 is 0 Å². The van der Waals surface area contributed by atoms with Crippen molar-refractivity contribution < 1.29 is 4.74 Å². The van der Waals surface area contributed by atoms with Gasteiger partial charge in [0, 0.05) is 18.8 Å². The number of likely N-dealkylation sites (tertiary alicyclic amines) is 1. The summed E-state index contributed by atoms with van der Waals surface area (Å²) in [6.07, 6.45) is 5.19. The molecule has 0 amide bonds. The van der Waals surface area contributed by atoms with Crippen LogP contribution in [0.5, 0.6) is 5.75 Å². The summed E-state index contributed by atoms with van der Waals surface area (Å²) >= 11 is 0. The van der Waals surface area contributed by atoms with Crippen molar-refractivity contribution in [2.75, 3.05) is 38.1 Å². The first kappa shape index (κ1) is 14.2. The lowest BCUT2D eigenvalue weighted by atomic mass is 10.1. The molecular weight excluding hydrogens is 236 g/mol. The molecule has 0 bridgehead atoms. The Morgan fingerprint density at radius 1 is 1.11 bits per heavy atom. The molecule has 1 aliphatic rings. The first-order valence-corrected chi connectivity index (χ1v) is 7.57. The monoisotopic (exact) mass is 262 g/mol. The smallest absolute Gasteiger partial charge is 0.119 e. The Bertz CT molecular complexity index is 344. The van der Waals surface area contributed by atoms with E-state index in [0.29, 0.717) is 0 Å². The Hall–Kier alpha value is -1.22. The van der Waals surface area contributed by atoms with E-state index in [9.17, 15) is 0 Å². The number of rotatable bonds is 7. The molecule has 3 heteroatoms. The molecule has 0 aromatic heterocycles. The number of hydrogen-bond donors (Lipinski definition) is 1. The van der Waals surface area contributed by atoms with Crippen molar-refractivity contribution in [3.63, 3.8) is 0 Å². The molecule has 1 N–H and O–H groups in total. The SMILES string of the molecule is CCCOc1ccc(NCCN2CCCCC2)cc1. The zero-order chi connectivity index (χ0) is 13.3. The average Bonchev–Trinajstić information content (AvgIpc) is 2.47. The number of ether oxygens (including phenoxy) is 1. The van der Waals surface area contributed by atoms with Crippen LogP contribution in [0, 0.1) is 0 Å². The van der Waals surface area contributed by atoms with E-state index in [0.717, 1.165) is 31.9 Å². The van der Waals surface area contributed by atoms with Crippen molar-refractivity contribution >= 4 is 5.69 Å². The maximum absolute atomic E-state index is 5.57. The van der Waals surface area contributed by atoms with Gasteiger partial charge >= 0.3 is 0 Å². The third kappa shape index (κ3) is 5.11. The van der Waals surface area contributed by atoms with Gasteiger partial charge in [-0.3, -0.25) is 0 Å². The van der Waals surface area contributed by atoms with Crippen molar-refractivity contribution in [3.05, 3.63) is 24.3 Å². The van der Waals surface area contributed by atoms with Gasteiger partial charge in [0.2, 0.25) is 0 Å². The van der Waals surface area contributed by atoms with Gasteiger partial charge in [-0.15, -0.1) is 0 Å². The molecule has 1 saturated heterocycles. The Kier molecular flexibility index (Phi) is 6.02. The lowest BCUT2D eigenvalue weighted by Gasteiger charge is -2.26. The van der Waals surface area contributed by atoms with Crippen LogP contribution in [0.2, 0.25) is 0 Å². The highest BCUT2D eigenvalue weighted by molar-refractivity contribution is 5.46. The van der Waals surface area contributed by atoms with Crippen molar-refractivity contribution in [2.45, 2.75) is 32.6 Å². The predicted octanol–water partition coefficient (Wildman–Crippen LogP) is 3.37. The summed E-state index contributed by atoms with van der Waals surface area (Å²) in [4.78, 5) is 2.55. The van der Waals surface area contributed by atoms with E-state index in [1.807, 2.05) is 12.1 Å². The Morgan fingerprint density at radius 3 is 2.53 bits per heavy atom. The third-order valence-corrected chi connectivity index (χ3v) is 3.53. The van der Waals surface area contributed by atoms with Crippen molar-refractivity contribution in [2.24, 2.45) is 0 Å². The molecule has 0 radical (unpaired) electrons. The average molecular weight is 262 g/mol. The summed E-state index contributed by atoms with van der Waals surface area (Å²) in [5.41, 5.74) is 1.18. The number of benzene rings is 1. The van der Waals surface area contributed by atoms with Gasteiger partial charge in [-0.25, -0.2) is 0 Å². The van der Waals surface area contributed by atoms with Crippen LogP contribution in [0.25, 0.3) is 0 Å².